The SMILES string of the molecule is CCC(C)C(C)Nc1c(N)cnc2ccc(Br)cc12. The zero-order chi connectivity index (χ0) is 14.0. The van der Waals surface area contributed by atoms with E-state index in [9.17, 15) is 0 Å². The summed E-state index contributed by atoms with van der Waals surface area (Å²) < 4.78 is 1.03. The average Bonchev–Trinajstić information content (AvgIpc) is 2.41. The Bertz CT molecular complexity index is 578. The van der Waals surface area contributed by atoms with Crippen LogP contribution in [0.4, 0.5) is 11.4 Å². The molecule has 4 heteroatoms. The molecular weight excluding hydrogens is 302 g/mol. The van der Waals surface area contributed by atoms with Crippen LogP contribution in [-0.2, 0) is 0 Å². The predicted octanol–water partition coefficient (Wildman–Crippen LogP) is 4.43. The van der Waals surface area contributed by atoms with E-state index >= 15 is 0 Å². The number of fused-ring (bicyclic) bond motifs is 1. The molecule has 0 aliphatic rings. The molecule has 2 rings (SSSR count). The summed E-state index contributed by atoms with van der Waals surface area (Å²) in [5.41, 5.74) is 8.72. The van der Waals surface area contributed by atoms with Crippen molar-refractivity contribution in [2.75, 3.05) is 11.1 Å². The summed E-state index contributed by atoms with van der Waals surface area (Å²) in [5, 5.41) is 4.60. The topological polar surface area (TPSA) is 50.9 Å². The van der Waals surface area contributed by atoms with Crippen molar-refractivity contribution >= 4 is 38.2 Å². The minimum Gasteiger partial charge on any atom is -0.396 e. The molecular formula is C15H20BrN3. The van der Waals surface area contributed by atoms with E-state index < -0.39 is 0 Å². The van der Waals surface area contributed by atoms with E-state index in [-0.39, 0.29) is 0 Å². The number of halogens is 1. The normalized spacial score (nSPS) is 14.3. The minimum absolute atomic E-state index is 0.372. The summed E-state index contributed by atoms with van der Waals surface area (Å²) >= 11 is 3.50. The van der Waals surface area contributed by atoms with Crippen molar-refractivity contribution in [3.8, 4) is 0 Å². The Morgan fingerprint density at radius 3 is 2.79 bits per heavy atom. The Hall–Kier alpha value is -1.29. The Kier molecular flexibility index (Phi) is 4.30. The maximum Gasteiger partial charge on any atom is 0.0743 e. The van der Waals surface area contributed by atoms with Gasteiger partial charge in [0.1, 0.15) is 0 Å². The number of nitrogen functional groups attached to an aromatic ring is 1. The third-order valence-corrected chi connectivity index (χ3v) is 4.22. The molecule has 3 nitrogen and oxygen atoms in total. The van der Waals surface area contributed by atoms with Crippen molar-refractivity contribution < 1.29 is 0 Å². The summed E-state index contributed by atoms with van der Waals surface area (Å²) in [4.78, 5) is 4.37. The maximum absolute atomic E-state index is 6.09. The third-order valence-electron chi connectivity index (χ3n) is 3.73. The number of benzene rings is 1. The molecule has 0 saturated carbocycles. The average molecular weight is 322 g/mol. The Labute approximate surface area is 122 Å². The van der Waals surface area contributed by atoms with Gasteiger partial charge in [-0.15, -0.1) is 0 Å². The van der Waals surface area contributed by atoms with Crippen LogP contribution in [0.1, 0.15) is 27.2 Å². The second-order valence-corrected chi connectivity index (χ2v) is 5.98. The molecule has 1 aromatic heterocycles. The molecule has 2 unspecified atom stereocenters. The molecule has 2 aromatic rings. The van der Waals surface area contributed by atoms with Gasteiger partial charge < -0.3 is 11.1 Å². The molecule has 1 aromatic carbocycles. The number of nitrogens with one attached hydrogen (secondary N) is 1. The van der Waals surface area contributed by atoms with Crippen LogP contribution in [0.2, 0.25) is 0 Å². The molecule has 0 saturated heterocycles. The van der Waals surface area contributed by atoms with Gasteiger partial charge in [-0.3, -0.25) is 4.98 Å². The van der Waals surface area contributed by atoms with Crippen molar-refractivity contribution in [3.63, 3.8) is 0 Å². The number of pyridine rings is 1. The van der Waals surface area contributed by atoms with Gasteiger partial charge >= 0.3 is 0 Å². The van der Waals surface area contributed by atoms with E-state index in [0.717, 1.165) is 27.5 Å². The van der Waals surface area contributed by atoms with Crippen LogP contribution >= 0.6 is 15.9 Å². The second-order valence-electron chi connectivity index (χ2n) is 5.07. The summed E-state index contributed by atoms with van der Waals surface area (Å²) in [6, 6.07) is 6.42. The van der Waals surface area contributed by atoms with E-state index in [2.05, 4.69) is 53.1 Å². The standard InChI is InChI=1S/C15H20BrN3/c1-4-9(2)10(3)19-15-12-7-11(16)5-6-14(12)18-8-13(15)17/h5-10H,4,17H2,1-3H3,(H,18,19). The summed E-state index contributed by atoms with van der Waals surface area (Å²) in [7, 11) is 0. The van der Waals surface area contributed by atoms with Crippen LogP contribution in [0.3, 0.4) is 0 Å². The second kappa shape index (κ2) is 5.78. The first kappa shape index (κ1) is 14.1. The lowest BCUT2D eigenvalue weighted by Gasteiger charge is -2.23. The van der Waals surface area contributed by atoms with Crippen molar-refractivity contribution in [2.45, 2.75) is 33.2 Å². The number of aromatic nitrogens is 1. The molecule has 0 radical (unpaired) electrons. The summed E-state index contributed by atoms with van der Waals surface area (Å²) in [5.74, 6) is 0.592. The number of nitrogens with two attached hydrogens (primary N) is 1. The van der Waals surface area contributed by atoms with Crippen LogP contribution in [0.15, 0.2) is 28.9 Å². The third kappa shape index (κ3) is 3.00. The van der Waals surface area contributed by atoms with E-state index in [0.29, 0.717) is 17.6 Å². The first-order chi connectivity index (χ1) is 9.02. The number of anilines is 2. The maximum atomic E-state index is 6.09. The van der Waals surface area contributed by atoms with Gasteiger partial charge in [0.15, 0.2) is 0 Å². The molecule has 1 heterocycles. The Morgan fingerprint density at radius 1 is 1.37 bits per heavy atom. The van der Waals surface area contributed by atoms with Crippen LogP contribution in [0.25, 0.3) is 10.9 Å². The van der Waals surface area contributed by atoms with Crippen molar-refractivity contribution in [3.05, 3.63) is 28.9 Å². The van der Waals surface area contributed by atoms with Crippen molar-refractivity contribution in [2.24, 2.45) is 5.92 Å². The van der Waals surface area contributed by atoms with Crippen LogP contribution in [0, 0.1) is 5.92 Å². The molecule has 3 N–H and O–H groups in total. The fraction of sp³-hybridized carbons (Fsp3) is 0.400. The molecule has 0 aliphatic heterocycles. The molecule has 19 heavy (non-hydrogen) atoms. The number of hydrogen-bond acceptors (Lipinski definition) is 3. The van der Waals surface area contributed by atoms with Crippen molar-refractivity contribution in [1.82, 2.24) is 4.98 Å². The lowest BCUT2D eigenvalue weighted by molar-refractivity contribution is 0.495. The molecule has 0 spiro atoms. The Balaban J connectivity index is 2.46. The molecule has 0 bridgehead atoms. The zero-order valence-corrected chi connectivity index (χ0v) is 13.2. The number of rotatable bonds is 4. The zero-order valence-electron chi connectivity index (χ0n) is 11.6. The quantitative estimate of drug-likeness (QED) is 0.876. The molecule has 2 atom stereocenters. The fourth-order valence-corrected chi connectivity index (χ4v) is 2.43. The highest BCUT2D eigenvalue weighted by Crippen LogP contribution is 2.31. The largest absolute Gasteiger partial charge is 0.396 e. The monoisotopic (exact) mass is 321 g/mol. The molecule has 0 amide bonds. The van der Waals surface area contributed by atoms with Gasteiger partial charge in [0.25, 0.3) is 0 Å². The summed E-state index contributed by atoms with van der Waals surface area (Å²) in [6.07, 6.45) is 2.86. The lowest BCUT2D eigenvalue weighted by atomic mass is 10.00. The molecule has 0 aliphatic carbocycles. The van der Waals surface area contributed by atoms with Gasteiger partial charge in [-0.05, 0) is 31.0 Å². The van der Waals surface area contributed by atoms with Crippen LogP contribution in [0.5, 0.6) is 0 Å². The van der Waals surface area contributed by atoms with Gasteiger partial charge in [0.2, 0.25) is 0 Å². The van der Waals surface area contributed by atoms with Gasteiger partial charge in [-0.2, -0.15) is 0 Å². The van der Waals surface area contributed by atoms with Crippen LogP contribution in [-0.4, -0.2) is 11.0 Å². The lowest BCUT2D eigenvalue weighted by Crippen LogP contribution is -2.24. The van der Waals surface area contributed by atoms with Gasteiger partial charge in [-0.1, -0.05) is 36.2 Å². The first-order valence-corrected chi connectivity index (χ1v) is 7.42. The van der Waals surface area contributed by atoms with Crippen molar-refractivity contribution in [1.29, 1.82) is 0 Å². The number of nitrogens with zero attached hydrogens (tertiary/aromatic N) is 1. The summed E-state index contributed by atoms with van der Waals surface area (Å²) in [6.45, 7) is 6.64. The number of hydrogen-bond donors (Lipinski definition) is 2. The van der Waals surface area contributed by atoms with E-state index in [1.165, 1.54) is 0 Å². The van der Waals surface area contributed by atoms with Crippen LogP contribution < -0.4 is 11.1 Å². The Morgan fingerprint density at radius 2 is 2.11 bits per heavy atom. The van der Waals surface area contributed by atoms with Gasteiger partial charge in [-0.25, -0.2) is 0 Å². The fourth-order valence-electron chi connectivity index (χ4n) is 2.06. The highest BCUT2D eigenvalue weighted by atomic mass is 79.9. The molecule has 102 valence electrons. The van der Waals surface area contributed by atoms with E-state index in [1.54, 1.807) is 6.20 Å². The highest BCUT2D eigenvalue weighted by molar-refractivity contribution is 9.10. The van der Waals surface area contributed by atoms with Gasteiger partial charge in [0, 0.05) is 15.9 Å². The molecule has 0 fully saturated rings. The first-order valence-electron chi connectivity index (χ1n) is 6.63. The van der Waals surface area contributed by atoms with E-state index in [1.807, 2.05) is 12.1 Å². The highest BCUT2D eigenvalue weighted by Gasteiger charge is 2.14. The smallest absolute Gasteiger partial charge is 0.0743 e. The minimum atomic E-state index is 0.372. The van der Waals surface area contributed by atoms with E-state index in [4.69, 9.17) is 5.73 Å². The predicted molar refractivity (Wildman–Crippen MR) is 86.4 cm³/mol. The van der Waals surface area contributed by atoms with Gasteiger partial charge in [0.05, 0.1) is 23.1 Å².